The van der Waals surface area contributed by atoms with Gasteiger partial charge in [-0.2, -0.15) is 5.26 Å². The van der Waals surface area contributed by atoms with Crippen molar-refractivity contribution >= 4 is 32.5 Å². The molecule has 3 aromatic rings. The Morgan fingerprint density at radius 1 is 1.24 bits per heavy atom. The molecule has 1 aliphatic heterocycles. The maximum atomic E-state index is 13.3. The second kappa shape index (κ2) is 6.98. The molecule has 146 valence electrons. The van der Waals surface area contributed by atoms with Gasteiger partial charge in [0, 0.05) is 31.0 Å². The van der Waals surface area contributed by atoms with Crippen molar-refractivity contribution < 1.29 is 4.74 Å². The van der Waals surface area contributed by atoms with Crippen LogP contribution in [0.1, 0.15) is 17.0 Å². The molecule has 4 rings (SSSR count). The first-order chi connectivity index (χ1) is 13.8. The number of benzene rings is 2. The molecular weight excluding hydrogens is 432 g/mol. The molecule has 0 fully saturated rings. The largest absolute Gasteiger partial charge is 0.439 e. The molecule has 1 unspecified atom stereocenters. The number of hydrogen-bond donors (Lipinski definition) is 1. The van der Waals surface area contributed by atoms with E-state index in [4.69, 9.17) is 10.5 Å². The number of rotatable bonds is 2. The number of nitrogens with two attached hydrogens (primary N) is 1. The molecule has 0 radical (unpaired) electrons. The molecule has 0 spiro atoms. The highest BCUT2D eigenvalue weighted by molar-refractivity contribution is 9.10. The minimum absolute atomic E-state index is 0.0243. The zero-order valence-corrected chi connectivity index (χ0v) is 17.8. The number of pyridine rings is 1. The van der Waals surface area contributed by atoms with Gasteiger partial charge in [-0.3, -0.25) is 4.79 Å². The summed E-state index contributed by atoms with van der Waals surface area (Å²) in [5, 5.41) is 10.6. The molecular formula is C22H19BrN4O2. The maximum absolute atomic E-state index is 13.3. The van der Waals surface area contributed by atoms with E-state index in [9.17, 15) is 10.1 Å². The van der Waals surface area contributed by atoms with Gasteiger partial charge < -0.3 is 19.9 Å². The number of halogens is 1. The van der Waals surface area contributed by atoms with Crippen LogP contribution >= 0.6 is 15.9 Å². The highest BCUT2D eigenvalue weighted by Gasteiger charge is 2.35. The van der Waals surface area contributed by atoms with E-state index < -0.39 is 5.92 Å². The summed E-state index contributed by atoms with van der Waals surface area (Å²) in [6.45, 7) is 0. The first-order valence-corrected chi connectivity index (χ1v) is 9.80. The molecule has 2 N–H and O–H groups in total. The molecule has 0 amide bonds. The van der Waals surface area contributed by atoms with E-state index in [2.05, 4.69) is 22.0 Å². The molecule has 1 aliphatic rings. The van der Waals surface area contributed by atoms with E-state index in [1.165, 1.54) is 0 Å². The van der Waals surface area contributed by atoms with Gasteiger partial charge in [-0.1, -0.05) is 18.2 Å². The Labute approximate surface area is 176 Å². The summed E-state index contributed by atoms with van der Waals surface area (Å²) < 4.78 is 8.28. The summed E-state index contributed by atoms with van der Waals surface area (Å²) in [7, 11) is 5.62. The third-order valence-electron chi connectivity index (χ3n) is 5.25. The second-order valence-electron chi connectivity index (χ2n) is 7.15. The van der Waals surface area contributed by atoms with Crippen molar-refractivity contribution in [2.75, 3.05) is 19.0 Å². The maximum Gasteiger partial charge on any atom is 0.258 e. The number of allylic oxidation sites excluding steroid dienone is 1. The molecule has 0 aliphatic carbocycles. The first-order valence-electron chi connectivity index (χ1n) is 9.01. The van der Waals surface area contributed by atoms with Crippen molar-refractivity contribution in [2.45, 2.75) is 5.92 Å². The zero-order chi connectivity index (χ0) is 20.9. The molecule has 6 nitrogen and oxygen atoms in total. The van der Waals surface area contributed by atoms with Gasteiger partial charge in [0.15, 0.2) is 0 Å². The molecule has 1 atom stereocenters. The molecule has 0 saturated carbocycles. The van der Waals surface area contributed by atoms with Gasteiger partial charge in [-0.25, -0.2) is 0 Å². The number of nitriles is 1. The minimum atomic E-state index is -0.612. The lowest BCUT2D eigenvalue weighted by atomic mass is 9.83. The van der Waals surface area contributed by atoms with Gasteiger partial charge in [0.1, 0.15) is 17.4 Å². The summed E-state index contributed by atoms with van der Waals surface area (Å²) in [4.78, 5) is 15.3. The van der Waals surface area contributed by atoms with Crippen LogP contribution in [0.25, 0.3) is 10.9 Å². The van der Waals surface area contributed by atoms with Gasteiger partial charge in [-0.05, 0) is 45.8 Å². The number of aryl methyl sites for hydroxylation is 1. The van der Waals surface area contributed by atoms with Crippen molar-refractivity contribution in [3.63, 3.8) is 0 Å². The van der Waals surface area contributed by atoms with Gasteiger partial charge in [0.2, 0.25) is 5.88 Å². The molecule has 0 bridgehead atoms. The average molecular weight is 451 g/mol. The Hall–Kier alpha value is -3.24. The van der Waals surface area contributed by atoms with E-state index in [0.29, 0.717) is 11.3 Å². The van der Waals surface area contributed by atoms with Gasteiger partial charge >= 0.3 is 0 Å². The van der Waals surface area contributed by atoms with Gasteiger partial charge in [-0.15, -0.1) is 0 Å². The molecule has 1 aromatic heterocycles. The van der Waals surface area contributed by atoms with Crippen molar-refractivity contribution in [1.82, 2.24) is 4.57 Å². The van der Waals surface area contributed by atoms with Crippen LogP contribution in [0.15, 0.2) is 63.2 Å². The van der Waals surface area contributed by atoms with Crippen LogP contribution in [-0.4, -0.2) is 18.7 Å². The quantitative estimate of drug-likeness (QED) is 0.644. The SMILES string of the molecule is CN(C)c1ccc(C2C(C#N)=C(N)Oc3c2c(=O)n(C)c2ccccc32)cc1Br. The topological polar surface area (TPSA) is 84.3 Å². The van der Waals surface area contributed by atoms with E-state index in [1.807, 2.05) is 61.5 Å². The fourth-order valence-electron chi connectivity index (χ4n) is 3.82. The van der Waals surface area contributed by atoms with Crippen molar-refractivity contribution in [2.24, 2.45) is 12.8 Å². The first kappa shape index (κ1) is 19.1. The normalized spacial score (nSPS) is 15.6. The summed E-state index contributed by atoms with van der Waals surface area (Å²) >= 11 is 3.60. The van der Waals surface area contributed by atoms with Crippen LogP contribution in [0.3, 0.4) is 0 Å². The van der Waals surface area contributed by atoms with Crippen molar-refractivity contribution in [3.8, 4) is 11.8 Å². The number of anilines is 1. The fourth-order valence-corrected chi connectivity index (χ4v) is 4.58. The van der Waals surface area contributed by atoms with Crippen LogP contribution in [0.5, 0.6) is 5.75 Å². The lowest BCUT2D eigenvalue weighted by Gasteiger charge is -2.28. The number of para-hydroxylation sites is 1. The predicted octanol–water partition coefficient (Wildman–Crippen LogP) is 3.59. The minimum Gasteiger partial charge on any atom is -0.439 e. The van der Waals surface area contributed by atoms with Crippen molar-refractivity contribution in [3.05, 3.63) is 79.9 Å². The number of nitrogens with zero attached hydrogens (tertiary/aromatic N) is 3. The second-order valence-corrected chi connectivity index (χ2v) is 8.01. The van der Waals surface area contributed by atoms with Crippen LogP contribution in [0.4, 0.5) is 5.69 Å². The molecule has 2 aromatic carbocycles. The number of aromatic nitrogens is 1. The van der Waals surface area contributed by atoms with Crippen LogP contribution < -0.4 is 20.9 Å². The number of ether oxygens (including phenoxy) is 1. The van der Waals surface area contributed by atoms with E-state index >= 15 is 0 Å². The van der Waals surface area contributed by atoms with E-state index in [1.54, 1.807) is 11.6 Å². The summed E-state index contributed by atoms with van der Waals surface area (Å²) in [5.74, 6) is -0.172. The fraction of sp³-hybridized carbons (Fsp3) is 0.182. The number of hydrogen-bond acceptors (Lipinski definition) is 5. The summed E-state index contributed by atoms with van der Waals surface area (Å²) in [6, 6.07) is 15.4. The van der Waals surface area contributed by atoms with Crippen LogP contribution in [0, 0.1) is 11.3 Å². The lowest BCUT2D eigenvalue weighted by Crippen LogP contribution is -2.31. The lowest BCUT2D eigenvalue weighted by molar-refractivity contribution is 0.396. The monoisotopic (exact) mass is 450 g/mol. The predicted molar refractivity (Wildman–Crippen MR) is 117 cm³/mol. The zero-order valence-electron chi connectivity index (χ0n) is 16.2. The van der Waals surface area contributed by atoms with Gasteiger partial charge in [0.05, 0.1) is 22.7 Å². The summed E-state index contributed by atoms with van der Waals surface area (Å²) in [5.41, 5.74) is 9.09. The standard InChI is InChI=1S/C22H19BrN4O2/c1-26(2)17-9-8-12(10-15(17)23)18-14(11-24)21(25)29-20-13-6-4-5-7-16(13)27(3)22(28)19(18)20/h4-10,18H,25H2,1-3H3. The van der Waals surface area contributed by atoms with Crippen LogP contribution in [0.2, 0.25) is 0 Å². The Balaban J connectivity index is 2.07. The molecule has 2 heterocycles. The Bertz CT molecular complexity index is 1280. The molecule has 7 heteroatoms. The van der Waals surface area contributed by atoms with Crippen molar-refractivity contribution in [1.29, 1.82) is 5.26 Å². The highest BCUT2D eigenvalue weighted by atomic mass is 79.9. The summed E-state index contributed by atoms with van der Waals surface area (Å²) in [6.07, 6.45) is 0. The highest BCUT2D eigenvalue weighted by Crippen LogP contribution is 2.44. The number of fused-ring (bicyclic) bond motifs is 3. The third kappa shape index (κ3) is 2.88. The molecule has 29 heavy (non-hydrogen) atoms. The van der Waals surface area contributed by atoms with Crippen LogP contribution in [-0.2, 0) is 7.05 Å². The Morgan fingerprint density at radius 2 is 1.97 bits per heavy atom. The Morgan fingerprint density at radius 3 is 2.62 bits per heavy atom. The average Bonchev–Trinajstić information content (AvgIpc) is 2.70. The molecule has 0 saturated heterocycles. The third-order valence-corrected chi connectivity index (χ3v) is 5.89. The Kier molecular flexibility index (Phi) is 4.59. The smallest absolute Gasteiger partial charge is 0.258 e. The van der Waals surface area contributed by atoms with E-state index in [-0.39, 0.29) is 17.0 Å². The van der Waals surface area contributed by atoms with E-state index in [0.717, 1.165) is 26.6 Å². The van der Waals surface area contributed by atoms with Gasteiger partial charge in [0.25, 0.3) is 5.56 Å².